The van der Waals surface area contributed by atoms with Crippen LogP contribution in [0.5, 0.6) is 0 Å². The third-order valence-electron chi connectivity index (χ3n) is 5.40. The number of benzene rings is 3. The molecule has 0 aliphatic heterocycles. The van der Waals surface area contributed by atoms with Gasteiger partial charge in [0.1, 0.15) is 0 Å². The van der Waals surface area contributed by atoms with Gasteiger partial charge in [-0.05, 0) is 61.3 Å². The van der Waals surface area contributed by atoms with E-state index >= 15 is 0 Å². The second kappa shape index (κ2) is 10.9. The first-order chi connectivity index (χ1) is 14.9. The van der Waals surface area contributed by atoms with Crippen LogP contribution in [0.2, 0.25) is 5.02 Å². The van der Waals surface area contributed by atoms with Crippen molar-refractivity contribution in [3.8, 4) is 0 Å². The summed E-state index contributed by atoms with van der Waals surface area (Å²) >= 11 is 6.24. The first-order valence-electron chi connectivity index (χ1n) is 10.4. The lowest BCUT2D eigenvalue weighted by atomic mass is 9.95. The van der Waals surface area contributed by atoms with Crippen LogP contribution in [0.15, 0.2) is 89.8 Å². The quantitative estimate of drug-likeness (QED) is 0.417. The topological polar surface area (TPSA) is 40.6 Å². The molecule has 0 fully saturated rings. The van der Waals surface area contributed by atoms with Gasteiger partial charge in [0, 0.05) is 25.2 Å². The van der Waals surface area contributed by atoms with Crippen molar-refractivity contribution in [3.05, 3.63) is 101 Å². The fourth-order valence-corrected chi connectivity index (χ4v) is 5.09. The summed E-state index contributed by atoms with van der Waals surface area (Å²) in [6.07, 6.45) is 0.818. The van der Waals surface area contributed by atoms with Crippen LogP contribution in [-0.2, 0) is 16.6 Å². The molecule has 0 aliphatic carbocycles. The van der Waals surface area contributed by atoms with Crippen LogP contribution < -0.4 is 0 Å². The van der Waals surface area contributed by atoms with E-state index in [1.807, 2.05) is 48.5 Å². The zero-order valence-electron chi connectivity index (χ0n) is 18.0. The van der Waals surface area contributed by atoms with E-state index in [4.69, 9.17) is 11.6 Å². The summed E-state index contributed by atoms with van der Waals surface area (Å²) in [6, 6.07) is 26.6. The van der Waals surface area contributed by atoms with Crippen LogP contribution in [0.1, 0.15) is 23.5 Å². The fraction of sp³-hybridized carbons (Fsp3) is 0.280. The highest BCUT2D eigenvalue weighted by molar-refractivity contribution is 7.89. The molecule has 0 amide bonds. The second-order valence-electron chi connectivity index (χ2n) is 7.86. The largest absolute Gasteiger partial charge is 0.302 e. The first-order valence-corrected chi connectivity index (χ1v) is 12.2. The van der Waals surface area contributed by atoms with Gasteiger partial charge in [0.05, 0.1) is 4.90 Å². The molecular formula is C25H29ClN2O2S. The Labute approximate surface area is 191 Å². The number of sulfonamides is 1. The average molecular weight is 457 g/mol. The van der Waals surface area contributed by atoms with Gasteiger partial charge in [0.2, 0.25) is 10.0 Å². The van der Waals surface area contributed by atoms with E-state index in [1.54, 1.807) is 31.3 Å². The van der Waals surface area contributed by atoms with Gasteiger partial charge in [0.25, 0.3) is 0 Å². The molecule has 0 saturated heterocycles. The smallest absolute Gasteiger partial charge is 0.242 e. The number of hydrogen-bond acceptors (Lipinski definition) is 3. The number of rotatable bonds is 10. The van der Waals surface area contributed by atoms with Gasteiger partial charge in [-0.25, -0.2) is 12.7 Å². The lowest BCUT2D eigenvalue weighted by molar-refractivity contribution is 0.301. The van der Waals surface area contributed by atoms with Crippen molar-refractivity contribution in [3.63, 3.8) is 0 Å². The molecule has 1 atom stereocenters. The SMILES string of the molecule is CN(CC[C@H](CN(C)S(=O)(=O)c1ccccc1)c1cccc(Cl)c1)Cc1ccccc1. The molecule has 0 heterocycles. The molecule has 3 aromatic carbocycles. The summed E-state index contributed by atoms with van der Waals surface area (Å²) < 4.78 is 27.5. The normalized spacial score (nSPS) is 12.9. The second-order valence-corrected chi connectivity index (χ2v) is 10.3. The first kappa shape index (κ1) is 23.5. The molecule has 0 spiro atoms. The lowest BCUT2D eigenvalue weighted by Gasteiger charge is -2.26. The minimum Gasteiger partial charge on any atom is -0.302 e. The molecule has 31 heavy (non-hydrogen) atoms. The Morgan fingerprint density at radius 1 is 0.871 bits per heavy atom. The highest BCUT2D eigenvalue weighted by Gasteiger charge is 2.25. The maximum absolute atomic E-state index is 13.0. The molecule has 6 heteroatoms. The van der Waals surface area contributed by atoms with Gasteiger partial charge >= 0.3 is 0 Å². The molecule has 0 N–H and O–H groups in total. The minimum absolute atomic E-state index is 0.0282. The average Bonchev–Trinajstić information content (AvgIpc) is 2.77. The van der Waals surface area contributed by atoms with Crippen molar-refractivity contribution < 1.29 is 8.42 Å². The lowest BCUT2D eigenvalue weighted by Crippen LogP contribution is -2.32. The van der Waals surface area contributed by atoms with Gasteiger partial charge in [0.15, 0.2) is 0 Å². The van der Waals surface area contributed by atoms with Gasteiger partial charge in [-0.1, -0.05) is 72.3 Å². The van der Waals surface area contributed by atoms with Crippen molar-refractivity contribution in [2.75, 3.05) is 27.2 Å². The van der Waals surface area contributed by atoms with Gasteiger partial charge in [-0.2, -0.15) is 0 Å². The number of nitrogens with zero attached hydrogens (tertiary/aromatic N) is 2. The van der Waals surface area contributed by atoms with Crippen LogP contribution in [-0.4, -0.2) is 44.8 Å². The maximum atomic E-state index is 13.0. The molecule has 0 bridgehead atoms. The van der Waals surface area contributed by atoms with Gasteiger partial charge in [-0.3, -0.25) is 0 Å². The predicted octanol–water partition coefficient (Wildman–Crippen LogP) is 5.27. The summed E-state index contributed by atoms with van der Waals surface area (Å²) in [5.41, 5.74) is 2.31. The van der Waals surface area contributed by atoms with E-state index < -0.39 is 10.0 Å². The maximum Gasteiger partial charge on any atom is 0.242 e. The summed E-state index contributed by atoms with van der Waals surface area (Å²) in [7, 11) is 0.184. The third-order valence-corrected chi connectivity index (χ3v) is 7.48. The Hall–Kier alpha value is -2.18. The molecule has 164 valence electrons. The fourth-order valence-electron chi connectivity index (χ4n) is 3.66. The molecule has 3 rings (SSSR count). The Kier molecular flexibility index (Phi) is 8.27. The molecule has 0 aromatic heterocycles. The van der Waals surface area contributed by atoms with E-state index in [9.17, 15) is 8.42 Å². The Balaban J connectivity index is 1.74. The molecule has 0 saturated carbocycles. The summed E-state index contributed by atoms with van der Waals surface area (Å²) in [5.74, 6) is 0.0282. The van der Waals surface area contributed by atoms with E-state index in [1.165, 1.54) is 9.87 Å². The standard InChI is InChI=1S/C25H29ClN2O2S/c1-27(19-21-10-5-3-6-11-21)17-16-23(22-12-9-13-24(26)18-22)20-28(2)31(29,30)25-14-7-4-8-15-25/h3-15,18,23H,16-17,19-20H2,1-2H3/t23-/m1/s1. The monoisotopic (exact) mass is 456 g/mol. The van der Waals surface area contributed by atoms with Crippen LogP contribution in [0.4, 0.5) is 0 Å². The molecular weight excluding hydrogens is 428 g/mol. The summed E-state index contributed by atoms with van der Waals surface area (Å²) in [6.45, 7) is 2.07. The van der Waals surface area contributed by atoms with E-state index in [-0.39, 0.29) is 5.92 Å². The minimum atomic E-state index is -3.55. The van der Waals surface area contributed by atoms with Crippen molar-refractivity contribution in [1.82, 2.24) is 9.21 Å². The van der Waals surface area contributed by atoms with Crippen LogP contribution in [0, 0.1) is 0 Å². The molecule has 0 radical (unpaired) electrons. The molecule has 3 aromatic rings. The Morgan fingerprint density at radius 3 is 2.16 bits per heavy atom. The van der Waals surface area contributed by atoms with Crippen LogP contribution in [0.25, 0.3) is 0 Å². The molecule has 0 unspecified atom stereocenters. The highest BCUT2D eigenvalue weighted by atomic mass is 35.5. The van der Waals surface area contributed by atoms with Gasteiger partial charge in [-0.15, -0.1) is 0 Å². The molecule has 0 aliphatic rings. The van der Waals surface area contributed by atoms with E-state index in [2.05, 4.69) is 24.1 Å². The van der Waals surface area contributed by atoms with Crippen LogP contribution >= 0.6 is 11.6 Å². The number of likely N-dealkylation sites (N-methyl/N-ethyl adjacent to an activating group) is 1. The van der Waals surface area contributed by atoms with Crippen molar-refractivity contribution in [1.29, 1.82) is 0 Å². The van der Waals surface area contributed by atoms with Crippen molar-refractivity contribution in [2.24, 2.45) is 0 Å². The van der Waals surface area contributed by atoms with Gasteiger partial charge < -0.3 is 4.90 Å². The van der Waals surface area contributed by atoms with Crippen LogP contribution in [0.3, 0.4) is 0 Å². The van der Waals surface area contributed by atoms with E-state index in [0.29, 0.717) is 16.5 Å². The van der Waals surface area contributed by atoms with Crippen molar-refractivity contribution >= 4 is 21.6 Å². The Morgan fingerprint density at radius 2 is 1.52 bits per heavy atom. The number of hydrogen-bond donors (Lipinski definition) is 0. The van der Waals surface area contributed by atoms with Crippen molar-refractivity contribution in [2.45, 2.75) is 23.8 Å². The third kappa shape index (κ3) is 6.65. The zero-order chi connectivity index (χ0) is 22.3. The van der Waals surface area contributed by atoms with E-state index in [0.717, 1.165) is 25.1 Å². The summed E-state index contributed by atoms with van der Waals surface area (Å²) in [5, 5.41) is 0.661. The predicted molar refractivity (Wildman–Crippen MR) is 128 cm³/mol. The summed E-state index contributed by atoms with van der Waals surface area (Å²) in [4.78, 5) is 2.57. The number of halogens is 1. The zero-order valence-corrected chi connectivity index (χ0v) is 19.6. The molecule has 4 nitrogen and oxygen atoms in total. The Bertz CT molecular complexity index is 1060. The highest BCUT2D eigenvalue weighted by Crippen LogP contribution is 2.26.